The van der Waals surface area contributed by atoms with E-state index >= 15 is 0 Å². The third kappa shape index (κ3) is 2.77. The Labute approximate surface area is 124 Å². The van der Waals surface area contributed by atoms with Crippen molar-refractivity contribution in [3.8, 4) is 0 Å². The SMILES string of the molecule is O=c1cc2c(nn1C1COCC1NCC1CC1)CCCC2. The topological polar surface area (TPSA) is 56.2 Å². The molecule has 4 rings (SSSR count). The molecule has 0 spiro atoms. The Hall–Kier alpha value is -1.20. The second kappa shape index (κ2) is 5.54. The molecule has 5 heteroatoms. The van der Waals surface area contributed by atoms with E-state index in [0.29, 0.717) is 13.2 Å². The van der Waals surface area contributed by atoms with Crippen LogP contribution in [-0.2, 0) is 17.6 Å². The number of rotatable bonds is 4. The van der Waals surface area contributed by atoms with Crippen LogP contribution in [0.1, 0.15) is 43.0 Å². The molecule has 3 aliphatic rings. The van der Waals surface area contributed by atoms with Crippen LogP contribution in [0.4, 0.5) is 0 Å². The lowest BCUT2D eigenvalue weighted by atomic mass is 9.97. The van der Waals surface area contributed by atoms with Gasteiger partial charge in [0.05, 0.1) is 31.0 Å². The first-order chi connectivity index (χ1) is 10.3. The van der Waals surface area contributed by atoms with Gasteiger partial charge in [0.2, 0.25) is 0 Å². The standard InChI is InChI=1S/C16H23N3O2/c20-16-7-12-3-1-2-4-13(12)18-19(16)15-10-21-9-14(15)17-8-11-5-6-11/h7,11,14-15,17H,1-6,8-10H2. The predicted molar refractivity (Wildman–Crippen MR) is 79.5 cm³/mol. The Morgan fingerprint density at radius 3 is 3.00 bits per heavy atom. The quantitative estimate of drug-likeness (QED) is 0.900. The van der Waals surface area contributed by atoms with Gasteiger partial charge in [-0.15, -0.1) is 0 Å². The maximum absolute atomic E-state index is 12.4. The zero-order valence-electron chi connectivity index (χ0n) is 12.4. The van der Waals surface area contributed by atoms with Gasteiger partial charge in [-0.05, 0) is 56.6 Å². The Kier molecular flexibility index (Phi) is 3.55. The van der Waals surface area contributed by atoms with Crippen LogP contribution in [-0.4, -0.2) is 35.6 Å². The van der Waals surface area contributed by atoms with E-state index in [1.807, 2.05) is 0 Å². The van der Waals surface area contributed by atoms with Crippen LogP contribution in [0.15, 0.2) is 10.9 Å². The Morgan fingerprint density at radius 2 is 2.14 bits per heavy atom. The molecule has 2 unspecified atom stereocenters. The van der Waals surface area contributed by atoms with Crippen molar-refractivity contribution in [1.82, 2.24) is 15.1 Å². The highest BCUT2D eigenvalue weighted by molar-refractivity contribution is 5.20. The van der Waals surface area contributed by atoms with Gasteiger partial charge < -0.3 is 10.1 Å². The summed E-state index contributed by atoms with van der Waals surface area (Å²) in [5.74, 6) is 0.833. The highest BCUT2D eigenvalue weighted by atomic mass is 16.5. The molecule has 0 aromatic carbocycles. The van der Waals surface area contributed by atoms with Gasteiger partial charge >= 0.3 is 0 Å². The normalized spacial score (nSPS) is 28.6. The lowest BCUT2D eigenvalue weighted by Crippen LogP contribution is -2.42. The zero-order chi connectivity index (χ0) is 14.2. The van der Waals surface area contributed by atoms with Gasteiger partial charge in [-0.2, -0.15) is 5.10 Å². The van der Waals surface area contributed by atoms with Crippen molar-refractivity contribution in [2.75, 3.05) is 19.8 Å². The van der Waals surface area contributed by atoms with E-state index in [-0.39, 0.29) is 17.6 Å². The molecule has 1 aromatic rings. The number of fused-ring (bicyclic) bond motifs is 1. The summed E-state index contributed by atoms with van der Waals surface area (Å²) < 4.78 is 7.30. The van der Waals surface area contributed by atoms with Gasteiger partial charge in [-0.3, -0.25) is 4.79 Å². The molecule has 1 saturated carbocycles. The maximum Gasteiger partial charge on any atom is 0.267 e. The second-order valence-corrected chi connectivity index (χ2v) is 6.67. The molecule has 114 valence electrons. The van der Waals surface area contributed by atoms with Crippen LogP contribution in [0, 0.1) is 5.92 Å². The van der Waals surface area contributed by atoms with E-state index < -0.39 is 0 Å². The highest BCUT2D eigenvalue weighted by Crippen LogP contribution is 2.29. The molecule has 21 heavy (non-hydrogen) atoms. The number of hydrogen-bond donors (Lipinski definition) is 1. The van der Waals surface area contributed by atoms with Gasteiger partial charge in [0.25, 0.3) is 5.56 Å². The number of hydrogen-bond acceptors (Lipinski definition) is 4. The molecule has 0 radical (unpaired) electrons. The van der Waals surface area contributed by atoms with Gasteiger partial charge in [0, 0.05) is 6.07 Å². The first kappa shape index (κ1) is 13.5. The average molecular weight is 289 g/mol. The summed E-state index contributed by atoms with van der Waals surface area (Å²) >= 11 is 0. The molecule has 1 aliphatic heterocycles. The molecule has 2 fully saturated rings. The number of nitrogens with one attached hydrogen (secondary N) is 1. The summed E-state index contributed by atoms with van der Waals surface area (Å²) in [6.07, 6.45) is 7.04. The van der Waals surface area contributed by atoms with Crippen LogP contribution >= 0.6 is 0 Å². The molecule has 0 amide bonds. The molecule has 1 aromatic heterocycles. The monoisotopic (exact) mass is 289 g/mol. The molecule has 0 bridgehead atoms. The summed E-state index contributed by atoms with van der Waals surface area (Å²) in [6, 6.07) is 2.07. The van der Waals surface area contributed by atoms with E-state index in [2.05, 4.69) is 10.4 Å². The van der Waals surface area contributed by atoms with Crippen LogP contribution < -0.4 is 10.9 Å². The van der Waals surface area contributed by atoms with Crippen molar-refractivity contribution < 1.29 is 4.74 Å². The lowest BCUT2D eigenvalue weighted by molar-refractivity contribution is 0.180. The fraction of sp³-hybridized carbons (Fsp3) is 0.750. The number of ether oxygens (including phenoxy) is 1. The molecule has 2 heterocycles. The van der Waals surface area contributed by atoms with Crippen LogP contribution in [0.2, 0.25) is 0 Å². The van der Waals surface area contributed by atoms with E-state index in [1.165, 1.54) is 25.7 Å². The summed E-state index contributed by atoms with van der Waals surface area (Å²) in [5.41, 5.74) is 2.31. The van der Waals surface area contributed by atoms with E-state index in [1.54, 1.807) is 10.7 Å². The molecular formula is C16H23N3O2. The zero-order valence-corrected chi connectivity index (χ0v) is 12.4. The van der Waals surface area contributed by atoms with Crippen LogP contribution in [0.5, 0.6) is 0 Å². The number of nitrogens with zero attached hydrogens (tertiary/aromatic N) is 2. The minimum absolute atomic E-state index is 0.0318. The third-order valence-corrected chi connectivity index (χ3v) is 4.96. The third-order valence-electron chi connectivity index (χ3n) is 4.96. The molecule has 2 atom stereocenters. The summed E-state index contributed by atoms with van der Waals surface area (Å²) in [7, 11) is 0. The van der Waals surface area contributed by atoms with Gasteiger partial charge in [0.1, 0.15) is 0 Å². The van der Waals surface area contributed by atoms with Crippen molar-refractivity contribution in [3.63, 3.8) is 0 Å². The van der Waals surface area contributed by atoms with Crippen LogP contribution in [0.3, 0.4) is 0 Å². The minimum atomic E-state index is 0.0318. The summed E-state index contributed by atoms with van der Waals surface area (Å²) in [6.45, 7) is 2.32. The fourth-order valence-electron chi connectivity index (χ4n) is 3.43. The second-order valence-electron chi connectivity index (χ2n) is 6.67. The number of aryl methyl sites for hydroxylation is 2. The van der Waals surface area contributed by atoms with Crippen molar-refractivity contribution in [3.05, 3.63) is 27.7 Å². The van der Waals surface area contributed by atoms with Gasteiger partial charge in [0.15, 0.2) is 0 Å². The Morgan fingerprint density at radius 1 is 1.29 bits per heavy atom. The summed E-state index contributed by atoms with van der Waals surface area (Å²) in [4.78, 5) is 12.4. The lowest BCUT2D eigenvalue weighted by Gasteiger charge is -2.23. The van der Waals surface area contributed by atoms with Crippen molar-refractivity contribution >= 4 is 0 Å². The van der Waals surface area contributed by atoms with E-state index in [9.17, 15) is 4.79 Å². The molecular weight excluding hydrogens is 266 g/mol. The van der Waals surface area contributed by atoms with E-state index in [0.717, 1.165) is 36.6 Å². The van der Waals surface area contributed by atoms with Crippen molar-refractivity contribution in [2.45, 2.75) is 50.6 Å². The fourth-order valence-corrected chi connectivity index (χ4v) is 3.43. The van der Waals surface area contributed by atoms with Crippen molar-refractivity contribution in [1.29, 1.82) is 0 Å². The Bertz CT molecular complexity index is 579. The molecule has 2 aliphatic carbocycles. The smallest absolute Gasteiger partial charge is 0.267 e. The van der Waals surface area contributed by atoms with Gasteiger partial charge in [-0.1, -0.05) is 0 Å². The average Bonchev–Trinajstić information content (AvgIpc) is 3.21. The first-order valence-corrected chi connectivity index (χ1v) is 8.24. The molecule has 5 nitrogen and oxygen atoms in total. The highest BCUT2D eigenvalue weighted by Gasteiger charge is 2.33. The molecule has 1 N–H and O–H groups in total. The van der Waals surface area contributed by atoms with Gasteiger partial charge in [-0.25, -0.2) is 4.68 Å². The largest absolute Gasteiger partial charge is 0.377 e. The predicted octanol–water partition coefficient (Wildman–Crippen LogP) is 1.06. The minimum Gasteiger partial charge on any atom is -0.377 e. The Balaban J connectivity index is 1.57. The first-order valence-electron chi connectivity index (χ1n) is 8.24. The van der Waals surface area contributed by atoms with E-state index in [4.69, 9.17) is 4.74 Å². The maximum atomic E-state index is 12.4. The molecule has 1 saturated heterocycles. The van der Waals surface area contributed by atoms with Crippen molar-refractivity contribution in [2.24, 2.45) is 5.92 Å². The van der Waals surface area contributed by atoms with Crippen LogP contribution in [0.25, 0.3) is 0 Å². The summed E-state index contributed by atoms with van der Waals surface area (Å²) in [5, 5.41) is 8.25. The number of aromatic nitrogens is 2.